The van der Waals surface area contributed by atoms with E-state index >= 15 is 0 Å². The molecule has 0 bridgehead atoms. The summed E-state index contributed by atoms with van der Waals surface area (Å²) in [5.41, 5.74) is 0. The van der Waals surface area contributed by atoms with Crippen molar-refractivity contribution in [2.75, 3.05) is 0 Å². The molecular weight excluding hydrogens is 188 g/mol. The highest BCUT2D eigenvalue weighted by Gasteiger charge is 1.93. The molecule has 2 rings (SSSR count). The molecule has 0 atom stereocenters. The highest BCUT2D eigenvalue weighted by atomic mass is 15.5. The van der Waals surface area contributed by atoms with Gasteiger partial charge in [-0.3, -0.25) is 0 Å². The molecule has 10 nitrogen and oxygen atoms in total. The maximum Gasteiger partial charge on any atom is 0.200 e. The van der Waals surface area contributed by atoms with Gasteiger partial charge in [-0.25, -0.2) is 0 Å². The molecule has 0 aliphatic carbocycles. The normalized spacial score (nSPS) is 10.6. The molecule has 0 saturated carbocycles. The lowest BCUT2D eigenvalue weighted by molar-refractivity contribution is 0.668. The summed E-state index contributed by atoms with van der Waals surface area (Å²) < 4.78 is 0. The largest absolute Gasteiger partial charge is 0.200 e. The molecule has 68 valence electrons. The third-order valence-corrected chi connectivity index (χ3v) is 1.13. The van der Waals surface area contributed by atoms with E-state index in [2.05, 4.69) is 51.7 Å². The van der Waals surface area contributed by atoms with Crippen molar-refractivity contribution < 1.29 is 0 Å². The summed E-state index contributed by atoms with van der Waals surface area (Å²) in [4.78, 5) is 0. The van der Waals surface area contributed by atoms with Crippen LogP contribution in [0.1, 0.15) is 11.6 Å². The Morgan fingerprint density at radius 3 is 1.21 bits per heavy atom. The number of nitrogens with zero attached hydrogens (tertiary/aromatic N) is 10. The van der Waals surface area contributed by atoms with Gasteiger partial charge in [-0.1, -0.05) is 0 Å². The zero-order chi connectivity index (χ0) is 9.64. The van der Waals surface area contributed by atoms with Gasteiger partial charge in [0.15, 0.2) is 11.6 Å². The average molecular weight is 190 g/mol. The molecule has 2 aromatic rings. The van der Waals surface area contributed by atoms with Crippen molar-refractivity contribution in [2.45, 2.75) is 0 Å². The second kappa shape index (κ2) is 3.93. The van der Waals surface area contributed by atoms with E-state index in [0.717, 1.165) is 0 Å². The van der Waals surface area contributed by atoms with Crippen LogP contribution in [0.5, 0.6) is 0 Å². The second-order valence-electron chi connectivity index (χ2n) is 1.99. The van der Waals surface area contributed by atoms with Crippen LogP contribution in [-0.4, -0.2) is 51.7 Å². The topological polar surface area (TPSA) is 129 Å². The van der Waals surface area contributed by atoms with Crippen LogP contribution < -0.4 is 0 Å². The summed E-state index contributed by atoms with van der Waals surface area (Å²) in [6.45, 7) is 0. The molecule has 14 heavy (non-hydrogen) atoms. The lowest BCUT2D eigenvalue weighted by Gasteiger charge is -1.85. The summed E-state index contributed by atoms with van der Waals surface area (Å²) in [6.07, 6.45) is 3.00. The Kier molecular flexibility index (Phi) is 2.27. The van der Waals surface area contributed by atoms with E-state index in [9.17, 15) is 0 Å². The molecule has 0 aliphatic heterocycles. The molecular formula is C4H2N10. The molecule has 0 aromatic carbocycles. The zero-order valence-corrected chi connectivity index (χ0v) is 6.63. The van der Waals surface area contributed by atoms with Crippen molar-refractivity contribution in [3.05, 3.63) is 11.6 Å². The van der Waals surface area contributed by atoms with Crippen molar-refractivity contribution in [1.82, 2.24) is 51.7 Å². The molecule has 2 aromatic heterocycles. The average Bonchev–Trinajstić information content (AvgIpc) is 2.29. The first-order chi connectivity index (χ1) is 6.95. The first-order valence-electron chi connectivity index (χ1n) is 3.41. The van der Waals surface area contributed by atoms with E-state index in [1.807, 2.05) is 0 Å². The van der Waals surface area contributed by atoms with E-state index in [1.165, 1.54) is 12.2 Å². The fourth-order valence-corrected chi connectivity index (χ4v) is 0.621. The number of aromatic nitrogens is 10. The minimum absolute atomic E-state index is 0.292. The van der Waals surface area contributed by atoms with Crippen LogP contribution in [0, 0.1) is 0 Å². The predicted molar refractivity (Wildman–Crippen MR) is 39.8 cm³/mol. The minimum atomic E-state index is 0.292. The van der Waals surface area contributed by atoms with Gasteiger partial charge in [0, 0.05) is 0 Å². The van der Waals surface area contributed by atoms with Gasteiger partial charge in [-0.05, 0) is 43.4 Å². The molecule has 0 radical (unpaired) electrons. The van der Waals surface area contributed by atoms with Crippen LogP contribution in [-0.2, 0) is 0 Å². The quantitative estimate of drug-likeness (QED) is 0.514. The molecule has 0 fully saturated rings. The molecule has 0 amide bonds. The Morgan fingerprint density at radius 2 is 0.857 bits per heavy atom. The van der Waals surface area contributed by atoms with E-state index in [4.69, 9.17) is 0 Å². The first kappa shape index (κ1) is 8.10. The monoisotopic (exact) mass is 190 g/mol. The van der Waals surface area contributed by atoms with Crippen molar-refractivity contribution in [1.29, 1.82) is 0 Å². The van der Waals surface area contributed by atoms with Crippen molar-refractivity contribution in [2.24, 2.45) is 0 Å². The van der Waals surface area contributed by atoms with Gasteiger partial charge in [0.05, 0.1) is 0 Å². The first-order valence-corrected chi connectivity index (χ1v) is 3.41. The van der Waals surface area contributed by atoms with Gasteiger partial charge in [-0.2, -0.15) is 0 Å². The molecule has 0 aliphatic rings. The zero-order valence-electron chi connectivity index (χ0n) is 6.63. The Bertz CT molecular complexity index is 369. The van der Waals surface area contributed by atoms with Gasteiger partial charge in [0.1, 0.15) is 0 Å². The number of hydrogen-bond donors (Lipinski definition) is 0. The van der Waals surface area contributed by atoms with Gasteiger partial charge < -0.3 is 0 Å². The maximum absolute atomic E-state index is 3.56. The smallest absolute Gasteiger partial charge is 0.107 e. The summed E-state index contributed by atoms with van der Waals surface area (Å²) in [5, 5.41) is 33.7. The van der Waals surface area contributed by atoms with E-state index < -0.39 is 0 Å². The van der Waals surface area contributed by atoms with Gasteiger partial charge >= 0.3 is 0 Å². The number of rotatable bonds is 2. The Morgan fingerprint density at radius 1 is 0.500 bits per heavy atom. The standard InChI is InChI=1S/C4H2N10/c1(3-5-9-13-10-6-3)2-4-7-11-14-12-8-4/h1-2H. The fourth-order valence-electron chi connectivity index (χ4n) is 0.621. The fraction of sp³-hybridized carbons (Fsp3) is 0. The van der Waals surface area contributed by atoms with E-state index in [-0.39, 0.29) is 0 Å². The Labute approximate surface area is 76.5 Å². The predicted octanol–water partition coefficient (Wildman–Crippen LogP) is -2.19. The SMILES string of the molecule is C(=Cc1nnnnn1)c1nnnnn1. The van der Waals surface area contributed by atoms with Crippen LogP contribution in [0.3, 0.4) is 0 Å². The van der Waals surface area contributed by atoms with Crippen LogP contribution >= 0.6 is 0 Å². The maximum atomic E-state index is 3.56. The lowest BCUT2D eigenvalue weighted by atomic mass is 10.4. The van der Waals surface area contributed by atoms with Crippen LogP contribution in [0.4, 0.5) is 0 Å². The summed E-state index contributed by atoms with van der Waals surface area (Å²) in [7, 11) is 0. The van der Waals surface area contributed by atoms with Crippen LogP contribution in [0.25, 0.3) is 12.2 Å². The molecule has 10 heteroatoms. The molecule has 2 heterocycles. The Balaban J connectivity index is 2.16. The molecule has 0 unspecified atom stereocenters. The summed E-state index contributed by atoms with van der Waals surface area (Å²) in [6, 6.07) is 0. The molecule has 0 spiro atoms. The molecule has 0 saturated heterocycles. The number of hydrogen-bond acceptors (Lipinski definition) is 10. The van der Waals surface area contributed by atoms with Crippen molar-refractivity contribution in [3.8, 4) is 0 Å². The van der Waals surface area contributed by atoms with E-state index in [1.54, 1.807) is 0 Å². The van der Waals surface area contributed by atoms with Crippen LogP contribution in [0.15, 0.2) is 0 Å². The third kappa shape index (κ3) is 2.00. The molecule has 0 N–H and O–H groups in total. The Hall–Kier alpha value is -2.52. The summed E-state index contributed by atoms with van der Waals surface area (Å²) >= 11 is 0. The summed E-state index contributed by atoms with van der Waals surface area (Å²) in [5.74, 6) is 0.584. The van der Waals surface area contributed by atoms with Gasteiger partial charge in [0.2, 0.25) is 0 Å². The van der Waals surface area contributed by atoms with E-state index in [0.29, 0.717) is 11.6 Å². The van der Waals surface area contributed by atoms with Crippen molar-refractivity contribution >= 4 is 12.2 Å². The second-order valence-corrected chi connectivity index (χ2v) is 1.99. The van der Waals surface area contributed by atoms with Crippen molar-refractivity contribution in [3.63, 3.8) is 0 Å². The highest BCUT2D eigenvalue weighted by Crippen LogP contribution is 1.92. The van der Waals surface area contributed by atoms with Gasteiger partial charge in [0.25, 0.3) is 0 Å². The minimum Gasteiger partial charge on any atom is -0.107 e. The van der Waals surface area contributed by atoms with Crippen LogP contribution in [0.2, 0.25) is 0 Å². The highest BCUT2D eigenvalue weighted by molar-refractivity contribution is 5.61. The third-order valence-electron chi connectivity index (χ3n) is 1.13. The van der Waals surface area contributed by atoms with Gasteiger partial charge in [-0.15, -0.1) is 20.4 Å². The lowest BCUT2D eigenvalue weighted by Crippen LogP contribution is -1.99.